The predicted octanol–water partition coefficient (Wildman–Crippen LogP) is 1.70. The molecule has 1 aliphatic carbocycles. The van der Waals surface area contributed by atoms with E-state index in [0.717, 1.165) is 17.2 Å². The molecule has 2 atom stereocenters. The van der Waals surface area contributed by atoms with Gasteiger partial charge in [0, 0.05) is 0 Å². The van der Waals surface area contributed by atoms with E-state index in [0.29, 0.717) is 0 Å². The van der Waals surface area contributed by atoms with Gasteiger partial charge in [0.05, 0.1) is 5.37 Å². The van der Waals surface area contributed by atoms with Crippen LogP contribution < -0.4 is 5.32 Å². The smallest absolute Gasteiger partial charge is 0.0560 e. The van der Waals surface area contributed by atoms with E-state index < -0.39 is 0 Å². The van der Waals surface area contributed by atoms with E-state index in [-0.39, 0.29) is 0 Å². The molecule has 0 amide bonds. The van der Waals surface area contributed by atoms with E-state index in [9.17, 15) is 0 Å². The first-order valence-electron chi connectivity index (χ1n) is 4.21. The van der Waals surface area contributed by atoms with E-state index in [1.54, 1.807) is 0 Å². The molecule has 0 spiro atoms. The zero-order valence-corrected chi connectivity index (χ0v) is 7.29. The SMILES string of the molecule is CC1CNC(C2CC2)SC1. The van der Waals surface area contributed by atoms with Gasteiger partial charge in [-0.2, -0.15) is 0 Å². The molecule has 0 aromatic carbocycles. The minimum atomic E-state index is 0.816. The van der Waals surface area contributed by atoms with Gasteiger partial charge in [-0.25, -0.2) is 0 Å². The van der Waals surface area contributed by atoms with Crippen LogP contribution >= 0.6 is 11.8 Å². The van der Waals surface area contributed by atoms with Gasteiger partial charge < -0.3 is 5.32 Å². The van der Waals surface area contributed by atoms with Crippen molar-refractivity contribution in [3.63, 3.8) is 0 Å². The van der Waals surface area contributed by atoms with Crippen molar-refractivity contribution < 1.29 is 0 Å². The van der Waals surface area contributed by atoms with Crippen LogP contribution in [0.2, 0.25) is 0 Å². The lowest BCUT2D eigenvalue weighted by Crippen LogP contribution is -2.37. The molecular formula is C8H15NS. The van der Waals surface area contributed by atoms with Crippen LogP contribution in [-0.4, -0.2) is 17.7 Å². The van der Waals surface area contributed by atoms with E-state index in [1.165, 1.54) is 25.1 Å². The highest BCUT2D eigenvalue weighted by Crippen LogP contribution is 2.39. The molecule has 2 rings (SSSR count). The standard InChI is InChI=1S/C8H15NS/c1-6-4-9-8(10-5-6)7-2-3-7/h6-9H,2-5H2,1H3. The van der Waals surface area contributed by atoms with Gasteiger partial charge in [0.1, 0.15) is 0 Å². The van der Waals surface area contributed by atoms with E-state index in [1.807, 2.05) is 0 Å². The van der Waals surface area contributed by atoms with Gasteiger partial charge in [0.2, 0.25) is 0 Å². The van der Waals surface area contributed by atoms with Crippen LogP contribution in [-0.2, 0) is 0 Å². The Morgan fingerprint density at radius 3 is 2.70 bits per heavy atom. The molecule has 1 saturated carbocycles. The van der Waals surface area contributed by atoms with E-state index in [4.69, 9.17) is 0 Å². The maximum atomic E-state index is 3.59. The zero-order valence-electron chi connectivity index (χ0n) is 6.47. The third kappa shape index (κ3) is 1.48. The third-order valence-corrected chi connectivity index (χ3v) is 3.95. The summed E-state index contributed by atoms with van der Waals surface area (Å²) >= 11 is 2.13. The average molecular weight is 157 g/mol. The predicted molar refractivity (Wildman–Crippen MR) is 46.1 cm³/mol. The second-order valence-corrected chi connectivity index (χ2v) is 4.78. The van der Waals surface area contributed by atoms with Crippen molar-refractivity contribution in [1.29, 1.82) is 0 Å². The summed E-state index contributed by atoms with van der Waals surface area (Å²) in [6.45, 7) is 3.57. The first kappa shape index (κ1) is 6.99. The minimum Gasteiger partial charge on any atom is -0.305 e. The topological polar surface area (TPSA) is 12.0 Å². The zero-order chi connectivity index (χ0) is 6.97. The first-order chi connectivity index (χ1) is 4.86. The highest BCUT2D eigenvalue weighted by molar-refractivity contribution is 7.99. The Bertz CT molecular complexity index is 114. The largest absolute Gasteiger partial charge is 0.305 e. The molecule has 0 radical (unpaired) electrons. The van der Waals surface area contributed by atoms with Crippen LogP contribution in [0, 0.1) is 11.8 Å². The lowest BCUT2D eigenvalue weighted by molar-refractivity contribution is 0.496. The van der Waals surface area contributed by atoms with E-state index in [2.05, 4.69) is 24.0 Å². The molecule has 2 fully saturated rings. The molecule has 2 aliphatic rings. The molecule has 1 heterocycles. The van der Waals surface area contributed by atoms with Gasteiger partial charge in [-0.05, 0) is 37.0 Å². The second-order valence-electron chi connectivity index (χ2n) is 3.60. The van der Waals surface area contributed by atoms with Crippen LogP contribution in [0.15, 0.2) is 0 Å². The number of hydrogen-bond donors (Lipinski definition) is 1. The van der Waals surface area contributed by atoms with Gasteiger partial charge in [0.15, 0.2) is 0 Å². The molecule has 1 nitrogen and oxygen atoms in total. The number of thioether (sulfide) groups is 1. The molecule has 10 heavy (non-hydrogen) atoms. The van der Waals surface area contributed by atoms with Crippen LogP contribution in [0.25, 0.3) is 0 Å². The minimum absolute atomic E-state index is 0.816. The van der Waals surface area contributed by atoms with Crippen LogP contribution in [0.3, 0.4) is 0 Å². The molecule has 0 aromatic rings. The van der Waals surface area contributed by atoms with Crippen LogP contribution in [0.1, 0.15) is 19.8 Å². The molecule has 1 N–H and O–H groups in total. The fraction of sp³-hybridized carbons (Fsp3) is 1.00. The number of hydrogen-bond acceptors (Lipinski definition) is 2. The fourth-order valence-corrected chi connectivity index (χ4v) is 2.82. The Kier molecular flexibility index (Phi) is 1.92. The summed E-state index contributed by atoms with van der Waals surface area (Å²) in [6, 6.07) is 0. The van der Waals surface area contributed by atoms with Crippen molar-refractivity contribution in [3.05, 3.63) is 0 Å². The summed E-state index contributed by atoms with van der Waals surface area (Å²) in [5.41, 5.74) is 0. The summed E-state index contributed by atoms with van der Waals surface area (Å²) in [5, 5.41) is 4.41. The molecule has 58 valence electrons. The molecule has 0 bridgehead atoms. The van der Waals surface area contributed by atoms with Gasteiger partial charge >= 0.3 is 0 Å². The number of rotatable bonds is 1. The first-order valence-corrected chi connectivity index (χ1v) is 5.26. The Labute approximate surface area is 67.0 Å². The summed E-state index contributed by atoms with van der Waals surface area (Å²) < 4.78 is 0. The Morgan fingerprint density at radius 1 is 1.40 bits per heavy atom. The maximum absolute atomic E-state index is 3.59. The fourth-order valence-electron chi connectivity index (χ4n) is 1.40. The summed E-state index contributed by atoms with van der Waals surface area (Å²) in [7, 11) is 0. The van der Waals surface area contributed by atoms with Crippen molar-refractivity contribution in [2.75, 3.05) is 12.3 Å². The highest BCUT2D eigenvalue weighted by atomic mass is 32.2. The summed E-state index contributed by atoms with van der Waals surface area (Å²) in [5.74, 6) is 3.28. The van der Waals surface area contributed by atoms with Crippen LogP contribution in [0.5, 0.6) is 0 Å². The lowest BCUT2D eigenvalue weighted by atomic mass is 10.2. The molecule has 1 saturated heterocycles. The Morgan fingerprint density at radius 2 is 2.20 bits per heavy atom. The van der Waals surface area contributed by atoms with E-state index >= 15 is 0 Å². The molecule has 1 aliphatic heterocycles. The van der Waals surface area contributed by atoms with Crippen LogP contribution in [0.4, 0.5) is 0 Å². The quantitative estimate of drug-likeness (QED) is 0.621. The van der Waals surface area contributed by atoms with Crippen molar-refractivity contribution in [3.8, 4) is 0 Å². The van der Waals surface area contributed by atoms with Gasteiger partial charge in [-0.3, -0.25) is 0 Å². The molecular weight excluding hydrogens is 142 g/mol. The lowest BCUT2D eigenvalue weighted by Gasteiger charge is -2.27. The number of nitrogens with one attached hydrogen (secondary N) is 1. The van der Waals surface area contributed by atoms with Gasteiger partial charge in [-0.15, -0.1) is 11.8 Å². The monoisotopic (exact) mass is 157 g/mol. The van der Waals surface area contributed by atoms with Gasteiger partial charge in [0.25, 0.3) is 0 Å². The molecule has 2 unspecified atom stereocenters. The van der Waals surface area contributed by atoms with Crippen molar-refractivity contribution in [2.24, 2.45) is 11.8 Å². The highest BCUT2D eigenvalue weighted by Gasteiger charge is 2.33. The average Bonchev–Trinajstić information content (AvgIpc) is 2.71. The summed E-state index contributed by atoms with van der Waals surface area (Å²) in [4.78, 5) is 0. The van der Waals surface area contributed by atoms with Crippen molar-refractivity contribution in [1.82, 2.24) is 5.32 Å². The summed E-state index contributed by atoms with van der Waals surface area (Å²) in [6.07, 6.45) is 2.94. The third-order valence-electron chi connectivity index (χ3n) is 2.28. The molecule has 0 aromatic heterocycles. The second kappa shape index (κ2) is 2.74. The van der Waals surface area contributed by atoms with Gasteiger partial charge in [-0.1, -0.05) is 6.92 Å². The Hall–Kier alpha value is 0.310. The van der Waals surface area contributed by atoms with Crippen molar-refractivity contribution in [2.45, 2.75) is 25.1 Å². The maximum Gasteiger partial charge on any atom is 0.0560 e. The normalized spacial score (nSPS) is 41.7. The van der Waals surface area contributed by atoms with Crippen molar-refractivity contribution >= 4 is 11.8 Å². The Balaban J connectivity index is 1.79. The molecule has 2 heteroatoms.